The predicted molar refractivity (Wildman–Crippen MR) is 71.6 cm³/mol. The Bertz CT molecular complexity index is 453. The maximum atomic E-state index is 13.3. The number of hydrogen-bond donors (Lipinski definition) is 1. The molecule has 0 fully saturated rings. The van der Waals surface area contributed by atoms with Gasteiger partial charge in [0, 0.05) is 23.6 Å². The van der Waals surface area contributed by atoms with Gasteiger partial charge in [0.25, 0.3) is 0 Å². The number of carbonyl (C=O) groups is 2. The Labute approximate surface area is 115 Å². The number of likely N-dealkylation sites (N-methyl/N-ethyl adjacent to an activating group) is 1. The number of amides is 1. The zero-order valence-corrected chi connectivity index (χ0v) is 11.5. The second kappa shape index (κ2) is 7.78. The van der Waals surface area contributed by atoms with Crippen LogP contribution < -0.4 is 0 Å². The van der Waals surface area contributed by atoms with Crippen molar-refractivity contribution in [1.29, 1.82) is 0 Å². The summed E-state index contributed by atoms with van der Waals surface area (Å²) in [6.07, 6.45) is 0.195. The van der Waals surface area contributed by atoms with Crippen LogP contribution in [0.15, 0.2) is 29.2 Å². The smallest absolute Gasteiger partial charge is 0.323 e. The molecule has 1 amide bonds. The van der Waals surface area contributed by atoms with Crippen molar-refractivity contribution in [2.45, 2.75) is 18.2 Å². The van der Waals surface area contributed by atoms with E-state index in [2.05, 4.69) is 0 Å². The van der Waals surface area contributed by atoms with Crippen molar-refractivity contribution >= 4 is 23.6 Å². The number of carboxylic acid groups (broad SMARTS) is 1. The molecule has 0 saturated heterocycles. The Balaban J connectivity index is 2.42. The average molecular weight is 285 g/mol. The molecule has 1 rings (SSSR count). The zero-order valence-electron chi connectivity index (χ0n) is 10.6. The summed E-state index contributed by atoms with van der Waals surface area (Å²) < 4.78 is 13.3. The number of aliphatic carboxylic acids is 1. The largest absolute Gasteiger partial charge is 0.480 e. The van der Waals surface area contributed by atoms with Crippen LogP contribution in [0.25, 0.3) is 0 Å². The molecule has 0 spiro atoms. The third kappa shape index (κ3) is 5.30. The summed E-state index contributed by atoms with van der Waals surface area (Å²) in [6, 6.07) is 6.36. The van der Waals surface area contributed by atoms with Gasteiger partial charge in [0.05, 0.1) is 0 Å². The van der Waals surface area contributed by atoms with E-state index in [1.165, 1.54) is 22.7 Å². The van der Waals surface area contributed by atoms with Crippen molar-refractivity contribution in [1.82, 2.24) is 4.90 Å². The highest BCUT2D eigenvalue weighted by atomic mass is 32.2. The van der Waals surface area contributed by atoms with Crippen molar-refractivity contribution in [3.8, 4) is 0 Å². The summed E-state index contributed by atoms with van der Waals surface area (Å²) >= 11 is 1.25. The van der Waals surface area contributed by atoms with Crippen LogP contribution in [-0.4, -0.2) is 40.7 Å². The summed E-state index contributed by atoms with van der Waals surface area (Å²) in [5, 5.41) is 8.66. The molecule has 1 aromatic rings. The summed E-state index contributed by atoms with van der Waals surface area (Å²) in [7, 11) is 0. The summed E-state index contributed by atoms with van der Waals surface area (Å²) in [5.74, 6) is -1.14. The monoisotopic (exact) mass is 285 g/mol. The highest BCUT2D eigenvalue weighted by Crippen LogP contribution is 2.21. The molecular formula is C13H16FNO3S. The van der Waals surface area contributed by atoms with E-state index in [-0.39, 0.29) is 24.7 Å². The van der Waals surface area contributed by atoms with Crippen LogP contribution >= 0.6 is 11.8 Å². The topological polar surface area (TPSA) is 57.6 Å². The number of carbonyl (C=O) groups excluding carboxylic acids is 1. The zero-order chi connectivity index (χ0) is 14.3. The van der Waals surface area contributed by atoms with Gasteiger partial charge in [-0.2, -0.15) is 0 Å². The fourth-order valence-corrected chi connectivity index (χ4v) is 2.39. The van der Waals surface area contributed by atoms with Crippen LogP contribution in [-0.2, 0) is 9.59 Å². The minimum atomic E-state index is -1.03. The molecule has 6 heteroatoms. The summed E-state index contributed by atoms with van der Waals surface area (Å²) in [5.41, 5.74) is 0. The highest BCUT2D eigenvalue weighted by molar-refractivity contribution is 7.99. The van der Waals surface area contributed by atoms with Crippen LogP contribution in [0.5, 0.6) is 0 Å². The first-order valence-corrected chi connectivity index (χ1v) is 6.90. The molecule has 0 aliphatic carbocycles. The quantitative estimate of drug-likeness (QED) is 0.781. The summed E-state index contributed by atoms with van der Waals surface area (Å²) in [4.78, 5) is 24.1. The lowest BCUT2D eigenvalue weighted by molar-refractivity contribution is -0.144. The number of carboxylic acids is 1. The molecule has 19 heavy (non-hydrogen) atoms. The molecule has 0 radical (unpaired) electrons. The second-order valence-corrected chi connectivity index (χ2v) is 4.97. The molecule has 0 unspecified atom stereocenters. The number of rotatable bonds is 7. The standard InChI is InChI=1S/C13H16FNO3S/c1-2-15(9-13(17)18)12(16)7-8-19-11-6-4-3-5-10(11)14/h3-6H,2,7-9H2,1H3,(H,17,18). The lowest BCUT2D eigenvalue weighted by atomic mass is 10.3. The molecule has 0 aliphatic heterocycles. The van der Waals surface area contributed by atoms with Gasteiger partial charge in [0.1, 0.15) is 12.4 Å². The molecule has 0 aromatic heterocycles. The number of thioether (sulfide) groups is 1. The average Bonchev–Trinajstić information content (AvgIpc) is 2.37. The minimum absolute atomic E-state index is 0.195. The van der Waals surface area contributed by atoms with E-state index in [0.717, 1.165) is 0 Å². The van der Waals surface area contributed by atoms with Crippen molar-refractivity contribution in [2.24, 2.45) is 0 Å². The molecule has 0 bridgehead atoms. The normalized spacial score (nSPS) is 10.2. The number of benzene rings is 1. The third-order valence-corrected chi connectivity index (χ3v) is 3.52. The molecule has 1 N–H and O–H groups in total. The first kappa shape index (κ1) is 15.5. The van der Waals surface area contributed by atoms with Crippen LogP contribution in [0.3, 0.4) is 0 Å². The van der Waals surface area contributed by atoms with E-state index in [4.69, 9.17) is 5.11 Å². The van der Waals surface area contributed by atoms with Gasteiger partial charge in [-0.15, -0.1) is 11.8 Å². The van der Waals surface area contributed by atoms with Gasteiger partial charge < -0.3 is 10.0 Å². The second-order valence-electron chi connectivity index (χ2n) is 3.83. The Kier molecular flexibility index (Phi) is 6.35. The molecule has 4 nitrogen and oxygen atoms in total. The van der Waals surface area contributed by atoms with Gasteiger partial charge in [0.2, 0.25) is 5.91 Å². The molecule has 0 heterocycles. The highest BCUT2D eigenvalue weighted by Gasteiger charge is 2.14. The van der Waals surface area contributed by atoms with Crippen LogP contribution in [0.2, 0.25) is 0 Å². The number of nitrogens with zero attached hydrogens (tertiary/aromatic N) is 1. The van der Waals surface area contributed by atoms with Crippen LogP contribution in [0, 0.1) is 5.82 Å². The van der Waals surface area contributed by atoms with E-state index < -0.39 is 5.97 Å². The lowest BCUT2D eigenvalue weighted by Gasteiger charge is -2.18. The Morgan fingerprint density at radius 3 is 2.63 bits per heavy atom. The van der Waals surface area contributed by atoms with Gasteiger partial charge in [-0.25, -0.2) is 4.39 Å². The van der Waals surface area contributed by atoms with E-state index in [1.807, 2.05) is 0 Å². The molecule has 0 atom stereocenters. The van der Waals surface area contributed by atoms with Crippen molar-refractivity contribution in [2.75, 3.05) is 18.8 Å². The minimum Gasteiger partial charge on any atom is -0.480 e. The Morgan fingerprint density at radius 1 is 1.37 bits per heavy atom. The maximum absolute atomic E-state index is 13.3. The summed E-state index contributed by atoms with van der Waals surface area (Å²) in [6.45, 7) is 1.79. The Morgan fingerprint density at radius 2 is 2.05 bits per heavy atom. The Hall–Kier alpha value is -1.56. The molecular weight excluding hydrogens is 269 g/mol. The van der Waals surface area contributed by atoms with Crippen molar-refractivity contribution in [3.63, 3.8) is 0 Å². The van der Waals surface area contributed by atoms with Crippen LogP contribution in [0.4, 0.5) is 4.39 Å². The molecule has 1 aromatic carbocycles. The van der Waals surface area contributed by atoms with Crippen molar-refractivity contribution in [3.05, 3.63) is 30.1 Å². The molecule has 104 valence electrons. The van der Waals surface area contributed by atoms with Gasteiger partial charge in [-0.1, -0.05) is 12.1 Å². The number of hydrogen-bond acceptors (Lipinski definition) is 3. The first-order chi connectivity index (χ1) is 9.04. The van der Waals surface area contributed by atoms with Gasteiger partial charge >= 0.3 is 5.97 Å². The maximum Gasteiger partial charge on any atom is 0.323 e. The van der Waals surface area contributed by atoms with Crippen LogP contribution in [0.1, 0.15) is 13.3 Å². The SMILES string of the molecule is CCN(CC(=O)O)C(=O)CCSc1ccccc1F. The first-order valence-electron chi connectivity index (χ1n) is 5.91. The van der Waals surface area contributed by atoms with Gasteiger partial charge in [-0.05, 0) is 19.1 Å². The predicted octanol–water partition coefficient (Wildman–Crippen LogP) is 2.24. The van der Waals surface area contributed by atoms with Crippen molar-refractivity contribution < 1.29 is 19.1 Å². The van der Waals surface area contributed by atoms with Gasteiger partial charge in [0.15, 0.2) is 0 Å². The van der Waals surface area contributed by atoms with E-state index in [1.54, 1.807) is 25.1 Å². The fourth-order valence-electron chi connectivity index (χ4n) is 1.51. The molecule has 0 saturated carbocycles. The van der Waals surface area contributed by atoms with E-state index in [9.17, 15) is 14.0 Å². The molecule has 0 aliphatic rings. The lowest BCUT2D eigenvalue weighted by Crippen LogP contribution is -2.35. The fraction of sp³-hybridized carbons (Fsp3) is 0.385. The van der Waals surface area contributed by atoms with Gasteiger partial charge in [-0.3, -0.25) is 9.59 Å². The van der Waals surface area contributed by atoms with E-state index in [0.29, 0.717) is 17.2 Å². The number of halogens is 1. The third-order valence-electron chi connectivity index (χ3n) is 2.47. The van der Waals surface area contributed by atoms with E-state index >= 15 is 0 Å².